The summed E-state index contributed by atoms with van der Waals surface area (Å²) in [5.41, 5.74) is 5.88. The van der Waals surface area contributed by atoms with Crippen molar-refractivity contribution in [2.45, 2.75) is 13.0 Å². The number of amides is 1. The van der Waals surface area contributed by atoms with E-state index in [1.807, 2.05) is 30.3 Å². The zero-order valence-electron chi connectivity index (χ0n) is 11.3. The molecule has 6 nitrogen and oxygen atoms in total. The van der Waals surface area contributed by atoms with Crippen LogP contribution in [0.3, 0.4) is 0 Å². The molecule has 0 fully saturated rings. The topological polar surface area (TPSA) is 91.8 Å². The molecule has 1 heterocycles. The highest BCUT2D eigenvalue weighted by molar-refractivity contribution is 6.06. The normalized spacial score (nSPS) is 13.2. The fourth-order valence-electron chi connectivity index (χ4n) is 1.91. The summed E-state index contributed by atoms with van der Waals surface area (Å²) in [6.07, 6.45) is 1.59. The molecule has 1 atom stereocenters. The first-order chi connectivity index (χ1) is 9.56. The highest BCUT2D eigenvalue weighted by Crippen LogP contribution is 2.18. The second-order valence-electron chi connectivity index (χ2n) is 4.50. The molecule has 1 amide bonds. The van der Waals surface area contributed by atoms with E-state index in [9.17, 15) is 4.79 Å². The first kappa shape index (κ1) is 13.8. The lowest BCUT2D eigenvalue weighted by Gasteiger charge is -2.23. The molecule has 6 heteroatoms. The van der Waals surface area contributed by atoms with Crippen LogP contribution in [0.5, 0.6) is 0 Å². The van der Waals surface area contributed by atoms with Crippen LogP contribution in [0, 0.1) is 0 Å². The Morgan fingerprint density at radius 1 is 1.40 bits per heavy atom. The van der Waals surface area contributed by atoms with Crippen LogP contribution >= 0.6 is 0 Å². The van der Waals surface area contributed by atoms with Gasteiger partial charge in [0.25, 0.3) is 5.91 Å². The fraction of sp³-hybridized carbons (Fsp3) is 0.214. The molecule has 1 aromatic heterocycles. The van der Waals surface area contributed by atoms with E-state index in [-0.39, 0.29) is 11.7 Å². The number of likely N-dealkylation sites (N-methyl/N-ethyl adjacent to an activating group) is 1. The molecular formula is C14H16N4O2. The molecule has 0 spiro atoms. The Morgan fingerprint density at radius 3 is 2.80 bits per heavy atom. The van der Waals surface area contributed by atoms with Crippen LogP contribution in [0.4, 0.5) is 0 Å². The molecule has 0 aliphatic carbocycles. The van der Waals surface area contributed by atoms with Crippen LogP contribution in [-0.4, -0.2) is 39.9 Å². The number of pyridine rings is 1. The van der Waals surface area contributed by atoms with Gasteiger partial charge in [0.2, 0.25) is 0 Å². The molecule has 0 bridgehead atoms. The second-order valence-corrected chi connectivity index (χ2v) is 4.50. The summed E-state index contributed by atoms with van der Waals surface area (Å²) in [6, 6.07) is 8.85. The minimum Gasteiger partial charge on any atom is -0.409 e. The summed E-state index contributed by atoms with van der Waals surface area (Å²) in [4.78, 5) is 18.0. The number of aromatic nitrogens is 1. The molecule has 0 radical (unpaired) electrons. The first-order valence-electron chi connectivity index (χ1n) is 6.14. The number of benzene rings is 1. The zero-order chi connectivity index (χ0) is 14.7. The maximum absolute atomic E-state index is 12.5. The van der Waals surface area contributed by atoms with Crippen LogP contribution < -0.4 is 5.73 Å². The summed E-state index contributed by atoms with van der Waals surface area (Å²) < 4.78 is 0. The molecule has 2 aromatic rings. The Balaban J connectivity index is 2.41. The van der Waals surface area contributed by atoms with E-state index in [0.29, 0.717) is 5.69 Å². The van der Waals surface area contributed by atoms with Gasteiger partial charge in [0, 0.05) is 18.6 Å². The summed E-state index contributed by atoms with van der Waals surface area (Å²) >= 11 is 0. The number of amidine groups is 1. The number of rotatable bonds is 3. The van der Waals surface area contributed by atoms with Crippen molar-refractivity contribution in [3.8, 4) is 0 Å². The molecule has 104 valence electrons. The van der Waals surface area contributed by atoms with Crippen molar-refractivity contribution in [2.24, 2.45) is 10.9 Å². The lowest BCUT2D eigenvalue weighted by Crippen LogP contribution is -2.44. The Morgan fingerprint density at radius 2 is 2.10 bits per heavy atom. The minimum atomic E-state index is -0.520. The van der Waals surface area contributed by atoms with Gasteiger partial charge in [-0.05, 0) is 18.4 Å². The van der Waals surface area contributed by atoms with E-state index in [4.69, 9.17) is 10.9 Å². The van der Waals surface area contributed by atoms with Crippen LogP contribution in [-0.2, 0) is 0 Å². The Hall–Kier alpha value is -2.63. The van der Waals surface area contributed by atoms with Crippen molar-refractivity contribution in [1.82, 2.24) is 9.88 Å². The van der Waals surface area contributed by atoms with Gasteiger partial charge in [-0.15, -0.1) is 0 Å². The van der Waals surface area contributed by atoms with Gasteiger partial charge in [0.05, 0.1) is 6.04 Å². The van der Waals surface area contributed by atoms with E-state index in [1.54, 1.807) is 20.2 Å². The molecule has 1 unspecified atom stereocenters. The smallest absolute Gasteiger partial charge is 0.273 e. The van der Waals surface area contributed by atoms with Gasteiger partial charge in [-0.2, -0.15) is 0 Å². The average Bonchev–Trinajstić information content (AvgIpc) is 2.51. The number of fused-ring (bicyclic) bond motifs is 1. The summed E-state index contributed by atoms with van der Waals surface area (Å²) in [7, 11) is 1.59. The van der Waals surface area contributed by atoms with Gasteiger partial charge in [-0.25, -0.2) is 0 Å². The summed E-state index contributed by atoms with van der Waals surface area (Å²) in [5.74, 6) is -0.304. The van der Waals surface area contributed by atoms with Gasteiger partial charge < -0.3 is 15.8 Å². The Bertz CT molecular complexity index is 664. The third kappa shape index (κ3) is 2.40. The van der Waals surface area contributed by atoms with E-state index in [1.165, 1.54) is 4.90 Å². The number of hydrogen-bond donors (Lipinski definition) is 2. The molecule has 0 saturated heterocycles. The van der Waals surface area contributed by atoms with E-state index < -0.39 is 6.04 Å². The molecule has 20 heavy (non-hydrogen) atoms. The standard InChI is InChI=1S/C14H16N4O2/c1-9(13(15)17-20)18(2)14(19)12-11-6-4-3-5-10(11)7-8-16-12/h3-9,20H,1-2H3,(H2,15,17). The third-order valence-electron chi connectivity index (χ3n) is 3.32. The van der Waals surface area contributed by atoms with Crippen LogP contribution in [0.2, 0.25) is 0 Å². The van der Waals surface area contributed by atoms with Gasteiger partial charge >= 0.3 is 0 Å². The van der Waals surface area contributed by atoms with Crippen LogP contribution in [0.1, 0.15) is 17.4 Å². The Kier molecular flexibility index (Phi) is 3.84. The van der Waals surface area contributed by atoms with E-state index >= 15 is 0 Å². The van der Waals surface area contributed by atoms with Crippen molar-refractivity contribution in [1.29, 1.82) is 0 Å². The van der Waals surface area contributed by atoms with Crippen molar-refractivity contribution in [3.63, 3.8) is 0 Å². The number of hydrogen-bond acceptors (Lipinski definition) is 4. The lowest BCUT2D eigenvalue weighted by molar-refractivity contribution is 0.0772. The molecule has 1 aromatic carbocycles. The fourth-order valence-corrected chi connectivity index (χ4v) is 1.91. The molecule has 3 N–H and O–H groups in total. The number of carbonyl (C=O) groups excluding carboxylic acids is 1. The number of nitrogens with two attached hydrogens (primary N) is 1. The molecule has 2 rings (SSSR count). The van der Waals surface area contributed by atoms with Crippen molar-refractivity contribution in [3.05, 3.63) is 42.2 Å². The van der Waals surface area contributed by atoms with Gasteiger partial charge in [-0.1, -0.05) is 29.4 Å². The summed E-state index contributed by atoms with van der Waals surface area (Å²) in [6.45, 7) is 1.68. The average molecular weight is 272 g/mol. The van der Waals surface area contributed by atoms with Gasteiger partial charge in [0.1, 0.15) is 5.69 Å². The number of carbonyl (C=O) groups is 1. The SMILES string of the molecule is CC(C(N)=NO)N(C)C(=O)c1nccc2ccccc12. The number of nitrogens with zero attached hydrogens (tertiary/aromatic N) is 3. The minimum absolute atomic E-state index is 0.0268. The predicted octanol–water partition coefficient (Wildman–Crippen LogP) is 1.44. The summed E-state index contributed by atoms with van der Waals surface area (Å²) in [5, 5.41) is 13.3. The maximum Gasteiger partial charge on any atom is 0.273 e. The molecule has 0 saturated carbocycles. The highest BCUT2D eigenvalue weighted by Gasteiger charge is 2.22. The zero-order valence-corrected chi connectivity index (χ0v) is 11.3. The first-order valence-corrected chi connectivity index (χ1v) is 6.14. The van der Waals surface area contributed by atoms with Crippen molar-refractivity contribution in [2.75, 3.05) is 7.05 Å². The third-order valence-corrected chi connectivity index (χ3v) is 3.32. The van der Waals surface area contributed by atoms with E-state index in [2.05, 4.69) is 10.1 Å². The second kappa shape index (κ2) is 5.56. The largest absolute Gasteiger partial charge is 0.409 e. The number of oxime groups is 1. The Labute approximate surface area is 116 Å². The quantitative estimate of drug-likeness (QED) is 0.383. The lowest BCUT2D eigenvalue weighted by atomic mass is 10.1. The maximum atomic E-state index is 12.5. The molecule has 0 aliphatic rings. The van der Waals surface area contributed by atoms with Crippen molar-refractivity contribution < 1.29 is 10.0 Å². The van der Waals surface area contributed by atoms with Crippen LogP contribution in [0.15, 0.2) is 41.7 Å². The van der Waals surface area contributed by atoms with E-state index in [0.717, 1.165) is 10.8 Å². The highest BCUT2D eigenvalue weighted by atomic mass is 16.4. The van der Waals surface area contributed by atoms with Crippen molar-refractivity contribution >= 4 is 22.5 Å². The van der Waals surface area contributed by atoms with Gasteiger partial charge in [-0.3, -0.25) is 9.78 Å². The van der Waals surface area contributed by atoms with Crippen LogP contribution in [0.25, 0.3) is 10.8 Å². The molecule has 0 aliphatic heterocycles. The monoisotopic (exact) mass is 272 g/mol. The predicted molar refractivity (Wildman–Crippen MR) is 76.7 cm³/mol. The van der Waals surface area contributed by atoms with Gasteiger partial charge in [0.15, 0.2) is 5.84 Å². The molecular weight excluding hydrogens is 256 g/mol.